The maximum absolute atomic E-state index is 12.0. The minimum Gasteiger partial charge on any atom is -0.389 e. The Morgan fingerprint density at radius 2 is 2.00 bits per heavy atom. The van der Waals surface area contributed by atoms with Crippen LogP contribution in [-0.2, 0) is 0 Å². The van der Waals surface area contributed by atoms with Gasteiger partial charge in [0.25, 0.3) is 5.91 Å². The summed E-state index contributed by atoms with van der Waals surface area (Å²) in [6, 6.07) is 0. The number of aromatic nitrogens is 1. The molecular formula is C10H15N3OS. The van der Waals surface area contributed by atoms with Crippen molar-refractivity contribution in [2.24, 2.45) is 0 Å². The summed E-state index contributed by atoms with van der Waals surface area (Å²) in [6.07, 6.45) is 4.62. The van der Waals surface area contributed by atoms with Crippen LogP contribution in [0, 0.1) is 0 Å². The molecule has 0 saturated carbocycles. The van der Waals surface area contributed by atoms with Crippen molar-refractivity contribution in [2.75, 3.05) is 18.8 Å². The van der Waals surface area contributed by atoms with Crippen molar-refractivity contribution >= 4 is 22.2 Å². The first-order valence-electron chi connectivity index (χ1n) is 5.27. The van der Waals surface area contributed by atoms with Crippen molar-refractivity contribution in [3.05, 3.63) is 11.2 Å². The molecule has 2 heterocycles. The Kier molecular flexibility index (Phi) is 3.20. The standard InChI is InChI=1S/C10H15N3OS/c11-9-8(12-7-15-9)10(14)13-5-3-1-2-4-6-13/h7H,1-6,11H2. The summed E-state index contributed by atoms with van der Waals surface area (Å²) in [6.45, 7) is 1.69. The zero-order valence-electron chi connectivity index (χ0n) is 8.61. The summed E-state index contributed by atoms with van der Waals surface area (Å²) in [5.74, 6) is -0.00403. The Hall–Kier alpha value is -1.10. The predicted octanol–water partition coefficient (Wildman–Crippen LogP) is 1.74. The number of nitrogens with two attached hydrogens (primary N) is 1. The first-order chi connectivity index (χ1) is 7.29. The molecule has 0 aromatic carbocycles. The maximum Gasteiger partial charge on any atom is 0.275 e. The van der Waals surface area contributed by atoms with E-state index >= 15 is 0 Å². The lowest BCUT2D eigenvalue weighted by Gasteiger charge is -2.19. The van der Waals surface area contributed by atoms with Gasteiger partial charge in [-0.05, 0) is 12.8 Å². The Morgan fingerprint density at radius 3 is 2.53 bits per heavy atom. The molecule has 2 N–H and O–H groups in total. The summed E-state index contributed by atoms with van der Waals surface area (Å²) in [7, 11) is 0. The summed E-state index contributed by atoms with van der Waals surface area (Å²) >= 11 is 1.32. The smallest absolute Gasteiger partial charge is 0.275 e. The van der Waals surface area contributed by atoms with Crippen LogP contribution in [0.4, 0.5) is 5.00 Å². The van der Waals surface area contributed by atoms with Gasteiger partial charge in [-0.25, -0.2) is 4.98 Å². The second kappa shape index (κ2) is 4.61. The van der Waals surface area contributed by atoms with E-state index in [-0.39, 0.29) is 5.91 Å². The van der Waals surface area contributed by atoms with Gasteiger partial charge in [0.15, 0.2) is 5.69 Å². The molecule has 0 radical (unpaired) electrons. The molecule has 2 rings (SSSR count). The number of carbonyl (C=O) groups excluding carboxylic acids is 1. The minimum absolute atomic E-state index is 0.00403. The highest BCUT2D eigenvalue weighted by Gasteiger charge is 2.20. The van der Waals surface area contributed by atoms with Gasteiger partial charge in [-0.1, -0.05) is 12.8 Å². The van der Waals surface area contributed by atoms with Gasteiger partial charge < -0.3 is 10.6 Å². The molecule has 15 heavy (non-hydrogen) atoms. The van der Waals surface area contributed by atoms with Crippen molar-refractivity contribution < 1.29 is 4.79 Å². The van der Waals surface area contributed by atoms with E-state index in [4.69, 9.17) is 5.73 Å². The highest BCUT2D eigenvalue weighted by atomic mass is 32.1. The predicted molar refractivity (Wildman–Crippen MR) is 60.9 cm³/mol. The van der Waals surface area contributed by atoms with Gasteiger partial charge in [0.1, 0.15) is 5.00 Å². The van der Waals surface area contributed by atoms with Crippen molar-refractivity contribution in [3.8, 4) is 0 Å². The van der Waals surface area contributed by atoms with E-state index in [0.717, 1.165) is 25.9 Å². The Morgan fingerprint density at radius 1 is 1.33 bits per heavy atom. The molecular weight excluding hydrogens is 210 g/mol. The third-order valence-corrected chi connectivity index (χ3v) is 3.35. The molecule has 1 aliphatic rings. The Bertz CT molecular complexity index is 342. The van der Waals surface area contributed by atoms with Gasteiger partial charge in [-0.3, -0.25) is 4.79 Å². The second-order valence-electron chi connectivity index (χ2n) is 3.77. The molecule has 0 bridgehead atoms. The van der Waals surface area contributed by atoms with Crippen LogP contribution in [0.15, 0.2) is 5.51 Å². The average molecular weight is 225 g/mol. The van der Waals surface area contributed by atoms with Crippen molar-refractivity contribution in [3.63, 3.8) is 0 Å². The monoisotopic (exact) mass is 225 g/mol. The summed E-state index contributed by atoms with van der Waals surface area (Å²) in [5.41, 5.74) is 7.75. The molecule has 4 nitrogen and oxygen atoms in total. The molecule has 82 valence electrons. The van der Waals surface area contributed by atoms with E-state index in [1.54, 1.807) is 5.51 Å². The zero-order valence-corrected chi connectivity index (χ0v) is 9.42. The molecule has 1 aromatic rings. The Labute approximate surface area is 93.1 Å². The largest absolute Gasteiger partial charge is 0.389 e. The molecule has 1 saturated heterocycles. The first kappa shape index (κ1) is 10.4. The molecule has 0 aliphatic carbocycles. The minimum atomic E-state index is -0.00403. The van der Waals surface area contributed by atoms with E-state index in [1.807, 2.05) is 4.90 Å². The number of thiazole rings is 1. The summed E-state index contributed by atoms with van der Waals surface area (Å²) in [4.78, 5) is 17.9. The fraction of sp³-hybridized carbons (Fsp3) is 0.600. The lowest BCUT2D eigenvalue weighted by Crippen LogP contribution is -2.32. The fourth-order valence-corrected chi connectivity index (χ4v) is 2.36. The molecule has 0 spiro atoms. The van der Waals surface area contributed by atoms with E-state index in [9.17, 15) is 4.79 Å². The van der Waals surface area contributed by atoms with E-state index in [0.29, 0.717) is 10.7 Å². The quantitative estimate of drug-likeness (QED) is 0.792. The van der Waals surface area contributed by atoms with Gasteiger partial charge in [-0.15, -0.1) is 11.3 Å². The zero-order chi connectivity index (χ0) is 10.7. The molecule has 1 fully saturated rings. The van der Waals surface area contributed by atoms with Crippen LogP contribution in [0.1, 0.15) is 36.2 Å². The first-order valence-corrected chi connectivity index (χ1v) is 6.15. The van der Waals surface area contributed by atoms with Crippen LogP contribution in [0.5, 0.6) is 0 Å². The van der Waals surface area contributed by atoms with E-state index < -0.39 is 0 Å². The number of amides is 1. The SMILES string of the molecule is Nc1scnc1C(=O)N1CCCCCC1. The van der Waals surface area contributed by atoms with E-state index in [1.165, 1.54) is 24.2 Å². The molecule has 5 heteroatoms. The molecule has 1 aliphatic heterocycles. The van der Waals surface area contributed by atoms with Crippen molar-refractivity contribution in [2.45, 2.75) is 25.7 Å². The third-order valence-electron chi connectivity index (χ3n) is 2.69. The fourth-order valence-electron chi connectivity index (χ4n) is 1.84. The number of nitrogens with zero attached hydrogens (tertiary/aromatic N) is 2. The maximum atomic E-state index is 12.0. The summed E-state index contributed by atoms with van der Waals surface area (Å²) < 4.78 is 0. The number of anilines is 1. The summed E-state index contributed by atoms with van der Waals surface area (Å²) in [5, 5.41) is 0.532. The number of rotatable bonds is 1. The number of hydrogen-bond acceptors (Lipinski definition) is 4. The molecule has 1 amide bonds. The van der Waals surface area contributed by atoms with Crippen LogP contribution < -0.4 is 5.73 Å². The number of likely N-dealkylation sites (tertiary alicyclic amines) is 1. The second-order valence-corrected chi connectivity index (χ2v) is 4.66. The van der Waals surface area contributed by atoms with Crippen molar-refractivity contribution in [1.82, 2.24) is 9.88 Å². The van der Waals surface area contributed by atoms with Crippen LogP contribution in [0.2, 0.25) is 0 Å². The van der Waals surface area contributed by atoms with Gasteiger partial charge in [0.2, 0.25) is 0 Å². The number of hydrogen-bond donors (Lipinski definition) is 1. The van der Waals surface area contributed by atoms with E-state index in [2.05, 4.69) is 4.98 Å². The van der Waals surface area contributed by atoms with Gasteiger partial charge in [0.05, 0.1) is 5.51 Å². The Balaban J connectivity index is 2.09. The number of nitrogen functional groups attached to an aromatic ring is 1. The van der Waals surface area contributed by atoms with Gasteiger partial charge in [0, 0.05) is 13.1 Å². The van der Waals surface area contributed by atoms with Crippen LogP contribution in [0.3, 0.4) is 0 Å². The molecule has 0 unspecified atom stereocenters. The van der Waals surface area contributed by atoms with Crippen molar-refractivity contribution in [1.29, 1.82) is 0 Å². The lowest BCUT2D eigenvalue weighted by atomic mass is 10.2. The highest BCUT2D eigenvalue weighted by Crippen LogP contribution is 2.19. The van der Waals surface area contributed by atoms with Crippen LogP contribution in [0.25, 0.3) is 0 Å². The van der Waals surface area contributed by atoms with Crippen LogP contribution >= 0.6 is 11.3 Å². The van der Waals surface area contributed by atoms with Crippen LogP contribution in [-0.4, -0.2) is 28.9 Å². The number of carbonyl (C=O) groups is 1. The third kappa shape index (κ3) is 2.28. The normalized spacial score (nSPS) is 17.5. The van der Waals surface area contributed by atoms with Gasteiger partial charge in [-0.2, -0.15) is 0 Å². The lowest BCUT2D eigenvalue weighted by molar-refractivity contribution is 0.0757. The average Bonchev–Trinajstić information content (AvgIpc) is 2.53. The molecule has 0 atom stereocenters. The molecule has 1 aromatic heterocycles. The topological polar surface area (TPSA) is 59.2 Å². The highest BCUT2D eigenvalue weighted by molar-refractivity contribution is 7.14. The van der Waals surface area contributed by atoms with Gasteiger partial charge >= 0.3 is 0 Å².